The zero-order chi connectivity index (χ0) is 21.8. The lowest BCUT2D eigenvalue weighted by Crippen LogP contribution is -2.00. The third kappa shape index (κ3) is 5.07. The highest BCUT2D eigenvalue weighted by molar-refractivity contribution is 8.03. The van der Waals surface area contributed by atoms with Crippen molar-refractivity contribution in [3.05, 3.63) is 87.6 Å². The van der Waals surface area contributed by atoms with Gasteiger partial charge in [0, 0.05) is 17.5 Å². The number of hydrogen-bond acceptors (Lipinski definition) is 6. The van der Waals surface area contributed by atoms with Crippen molar-refractivity contribution >= 4 is 46.2 Å². The van der Waals surface area contributed by atoms with Gasteiger partial charge in [-0.15, -0.1) is 10.2 Å². The largest absolute Gasteiger partial charge is 0.488 e. The zero-order valence-corrected chi connectivity index (χ0v) is 18.0. The van der Waals surface area contributed by atoms with E-state index in [1.165, 1.54) is 0 Å². The van der Waals surface area contributed by atoms with Gasteiger partial charge >= 0.3 is 5.97 Å². The number of aryl methyl sites for hydroxylation is 1. The standard InChI is InChI=1S/C23H17ClN2O4S/c1-14-25-26-23(30-14)31-21(22(27)28)12-19-18-5-3-2-4-16(18)8-11-20(19)29-13-15-6-9-17(24)10-7-15/h2-12H,13H2,1H3,(H,27,28)/b21-12-. The summed E-state index contributed by atoms with van der Waals surface area (Å²) in [6, 6.07) is 18.9. The second kappa shape index (κ2) is 9.24. The molecule has 4 aromatic rings. The van der Waals surface area contributed by atoms with Crippen molar-refractivity contribution in [1.29, 1.82) is 0 Å². The topological polar surface area (TPSA) is 85.5 Å². The molecule has 0 fully saturated rings. The lowest BCUT2D eigenvalue weighted by molar-refractivity contribution is -0.131. The summed E-state index contributed by atoms with van der Waals surface area (Å²) in [6.45, 7) is 1.96. The highest BCUT2D eigenvalue weighted by Crippen LogP contribution is 2.34. The molecule has 0 bridgehead atoms. The summed E-state index contributed by atoms with van der Waals surface area (Å²) in [4.78, 5) is 12.0. The minimum absolute atomic E-state index is 0.0383. The summed E-state index contributed by atoms with van der Waals surface area (Å²) in [7, 11) is 0. The zero-order valence-electron chi connectivity index (χ0n) is 16.4. The minimum atomic E-state index is -1.10. The number of ether oxygens (including phenoxy) is 1. The van der Waals surface area contributed by atoms with E-state index < -0.39 is 5.97 Å². The number of hydrogen-bond donors (Lipinski definition) is 1. The molecule has 0 saturated carbocycles. The van der Waals surface area contributed by atoms with Crippen molar-refractivity contribution in [1.82, 2.24) is 10.2 Å². The number of fused-ring (bicyclic) bond motifs is 1. The molecular formula is C23H17ClN2O4S. The molecule has 0 atom stereocenters. The van der Waals surface area contributed by atoms with Crippen molar-refractivity contribution in [2.45, 2.75) is 18.8 Å². The Balaban J connectivity index is 1.73. The Kier molecular flexibility index (Phi) is 6.25. The normalized spacial score (nSPS) is 11.6. The second-order valence-corrected chi connectivity index (χ2v) is 8.05. The molecule has 1 N–H and O–H groups in total. The van der Waals surface area contributed by atoms with Gasteiger partial charge in [-0.25, -0.2) is 4.79 Å². The number of carboxylic acid groups (broad SMARTS) is 1. The molecule has 31 heavy (non-hydrogen) atoms. The lowest BCUT2D eigenvalue weighted by Gasteiger charge is -2.13. The number of aromatic nitrogens is 2. The van der Waals surface area contributed by atoms with Crippen LogP contribution in [0.5, 0.6) is 5.75 Å². The van der Waals surface area contributed by atoms with E-state index in [0.29, 0.717) is 28.8 Å². The lowest BCUT2D eigenvalue weighted by atomic mass is 10.0. The fourth-order valence-electron chi connectivity index (χ4n) is 2.97. The second-order valence-electron chi connectivity index (χ2n) is 6.62. The van der Waals surface area contributed by atoms with Crippen LogP contribution in [0.3, 0.4) is 0 Å². The summed E-state index contributed by atoms with van der Waals surface area (Å²) in [5.41, 5.74) is 1.61. The molecule has 6 nitrogen and oxygen atoms in total. The van der Waals surface area contributed by atoms with E-state index in [2.05, 4.69) is 10.2 Å². The molecular weight excluding hydrogens is 436 g/mol. The number of carbonyl (C=O) groups is 1. The third-order valence-corrected chi connectivity index (χ3v) is 5.53. The minimum Gasteiger partial charge on any atom is -0.488 e. The molecule has 4 rings (SSSR count). The van der Waals surface area contributed by atoms with E-state index in [1.807, 2.05) is 48.5 Å². The smallest absolute Gasteiger partial charge is 0.342 e. The SMILES string of the molecule is Cc1nnc(S/C(=C\c2c(OCc3ccc(Cl)cc3)ccc3ccccc23)C(=O)O)o1. The maximum atomic E-state index is 11.9. The number of thioether (sulfide) groups is 1. The third-order valence-electron chi connectivity index (χ3n) is 4.43. The van der Waals surface area contributed by atoms with Gasteiger partial charge < -0.3 is 14.3 Å². The molecule has 1 aromatic heterocycles. The first kappa shape index (κ1) is 21.0. The molecule has 0 unspecified atom stereocenters. The van der Waals surface area contributed by atoms with Gasteiger partial charge in [0.15, 0.2) is 0 Å². The fourth-order valence-corrected chi connectivity index (χ4v) is 3.79. The van der Waals surface area contributed by atoms with Crippen LogP contribution >= 0.6 is 23.4 Å². The average Bonchev–Trinajstić information content (AvgIpc) is 3.18. The summed E-state index contributed by atoms with van der Waals surface area (Å²) in [6.07, 6.45) is 1.58. The van der Waals surface area contributed by atoms with Gasteiger partial charge in [0.1, 0.15) is 17.3 Å². The quantitative estimate of drug-likeness (QED) is 0.272. The highest BCUT2D eigenvalue weighted by atomic mass is 35.5. The van der Waals surface area contributed by atoms with E-state index >= 15 is 0 Å². The van der Waals surface area contributed by atoms with Crippen LogP contribution in [0.15, 0.2) is 75.2 Å². The molecule has 156 valence electrons. The van der Waals surface area contributed by atoms with Crippen LogP contribution in [-0.2, 0) is 11.4 Å². The molecule has 3 aromatic carbocycles. The molecule has 0 amide bonds. The number of rotatable bonds is 7. The fraction of sp³-hybridized carbons (Fsp3) is 0.0870. The molecule has 1 heterocycles. The van der Waals surface area contributed by atoms with Gasteiger partial charge in [0.2, 0.25) is 5.89 Å². The summed E-state index contributed by atoms with van der Waals surface area (Å²) >= 11 is 6.85. The van der Waals surface area contributed by atoms with Crippen LogP contribution in [0.2, 0.25) is 5.02 Å². The van der Waals surface area contributed by atoms with Crippen molar-refractivity contribution < 1.29 is 19.1 Å². The Morgan fingerprint density at radius 1 is 1.13 bits per heavy atom. The van der Waals surface area contributed by atoms with E-state index in [4.69, 9.17) is 20.8 Å². The van der Waals surface area contributed by atoms with E-state index in [9.17, 15) is 9.90 Å². The Labute approximate surface area is 187 Å². The van der Waals surface area contributed by atoms with Crippen molar-refractivity contribution in [2.24, 2.45) is 0 Å². The number of nitrogens with zero attached hydrogens (tertiary/aromatic N) is 2. The van der Waals surface area contributed by atoms with Crippen LogP contribution in [-0.4, -0.2) is 21.3 Å². The summed E-state index contributed by atoms with van der Waals surface area (Å²) < 4.78 is 11.4. The summed E-state index contributed by atoms with van der Waals surface area (Å²) in [5, 5.41) is 20.0. The van der Waals surface area contributed by atoms with Crippen LogP contribution < -0.4 is 4.74 Å². The molecule has 0 aliphatic heterocycles. The summed E-state index contributed by atoms with van der Waals surface area (Å²) in [5.74, 6) is -0.170. The molecule has 0 radical (unpaired) electrons. The van der Waals surface area contributed by atoms with Gasteiger partial charge in [-0.3, -0.25) is 0 Å². The Hall–Kier alpha value is -3.29. The van der Waals surface area contributed by atoms with Gasteiger partial charge in [-0.1, -0.05) is 54.1 Å². The van der Waals surface area contributed by atoms with Crippen molar-refractivity contribution in [3.8, 4) is 5.75 Å². The van der Waals surface area contributed by atoms with Crippen LogP contribution in [0.25, 0.3) is 16.8 Å². The number of aliphatic carboxylic acids is 1. The predicted molar refractivity (Wildman–Crippen MR) is 120 cm³/mol. The molecule has 0 spiro atoms. The average molecular weight is 453 g/mol. The Morgan fingerprint density at radius 2 is 1.90 bits per heavy atom. The number of carboxylic acids is 1. The Morgan fingerprint density at radius 3 is 2.61 bits per heavy atom. The Bertz CT molecular complexity index is 1270. The van der Waals surface area contributed by atoms with Crippen LogP contribution in [0, 0.1) is 6.92 Å². The monoisotopic (exact) mass is 452 g/mol. The van der Waals surface area contributed by atoms with Crippen molar-refractivity contribution in [3.63, 3.8) is 0 Å². The first-order valence-electron chi connectivity index (χ1n) is 9.31. The van der Waals surface area contributed by atoms with Crippen molar-refractivity contribution in [2.75, 3.05) is 0 Å². The molecule has 0 saturated heterocycles. The predicted octanol–water partition coefficient (Wildman–Crippen LogP) is 5.98. The van der Waals surface area contributed by atoms with Gasteiger partial charge in [0.25, 0.3) is 5.22 Å². The molecule has 8 heteroatoms. The number of benzene rings is 3. The van der Waals surface area contributed by atoms with E-state index in [-0.39, 0.29) is 10.1 Å². The molecule has 0 aliphatic carbocycles. The maximum absolute atomic E-state index is 11.9. The maximum Gasteiger partial charge on any atom is 0.342 e. The van der Waals surface area contributed by atoms with Crippen LogP contribution in [0.1, 0.15) is 17.0 Å². The van der Waals surface area contributed by atoms with E-state index in [0.717, 1.165) is 28.1 Å². The first-order chi connectivity index (χ1) is 15.0. The van der Waals surface area contributed by atoms with Gasteiger partial charge in [0.05, 0.1) is 0 Å². The molecule has 0 aliphatic rings. The number of halogens is 1. The highest BCUT2D eigenvalue weighted by Gasteiger charge is 2.17. The van der Waals surface area contributed by atoms with Gasteiger partial charge in [-0.2, -0.15) is 0 Å². The van der Waals surface area contributed by atoms with Gasteiger partial charge in [-0.05, 0) is 52.4 Å². The van der Waals surface area contributed by atoms with E-state index in [1.54, 1.807) is 25.1 Å². The first-order valence-corrected chi connectivity index (χ1v) is 10.5. The van der Waals surface area contributed by atoms with Crippen LogP contribution in [0.4, 0.5) is 0 Å².